The molecule has 4 rings (SSSR count). The smallest absolute Gasteiger partial charge is 0.258 e. The van der Waals surface area contributed by atoms with E-state index in [0.29, 0.717) is 0 Å². The number of hydrazine groups is 1. The second-order valence-electron chi connectivity index (χ2n) is 5.43. The molecule has 0 bridgehead atoms. The molecule has 2 heterocycles. The second-order valence-corrected chi connectivity index (χ2v) is 6.79. The summed E-state index contributed by atoms with van der Waals surface area (Å²) in [6, 6.07) is 14.6. The maximum Gasteiger partial charge on any atom is 0.269 e. The highest BCUT2D eigenvalue weighted by Gasteiger charge is 2.32. The third-order valence-electron chi connectivity index (χ3n) is 3.87. The van der Waals surface area contributed by atoms with Gasteiger partial charge in [-0.1, -0.05) is 23.9 Å². The lowest BCUT2D eigenvalue weighted by Crippen LogP contribution is -2.48. The van der Waals surface area contributed by atoms with Gasteiger partial charge in [-0.15, -0.1) is 10.2 Å². The highest BCUT2D eigenvalue weighted by molar-refractivity contribution is 8.00. The molecule has 0 N–H and O–H groups in total. The topological polar surface area (TPSA) is 80.3 Å². The van der Waals surface area contributed by atoms with Gasteiger partial charge in [0.25, 0.3) is 5.69 Å². The second kappa shape index (κ2) is 6.10. The van der Waals surface area contributed by atoms with Crippen molar-refractivity contribution < 1.29 is 4.92 Å². The van der Waals surface area contributed by atoms with E-state index in [4.69, 9.17) is 0 Å². The molecule has 1 aromatic heterocycles. The van der Waals surface area contributed by atoms with Crippen molar-refractivity contribution >= 4 is 28.8 Å². The zero-order valence-corrected chi connectivity index (χ0v) is 14.1. The number of hydrogen-bond acceptors (Lipinski definition) is 7. The van der Waals surface area contributed by atoms with Crippen LogP contribution in [0.25, 0.3) is 0 Å². The van der Waals surface area contributed by atoms with Crippen LogP contribution >= 0.6 is 11.8 Å². The van der Waals surface area contributed by atoms with Crippen molar-refractivity contribution in [2.24, 2.45) is 0 Å². The number of rotatable bonds is 4. The fourth-order valence-corrected chi connectivity index (χ4v) is 3.91. The molecule has 1 unspecified atom stereocenters. The van der Waals surface area contributed by atoms with E-state index in [9.17, 15) is 10.1 Å². The standard InChI is InChI=1S/C16H14N6O2S/c1-12-20(15-4-2-3-5-16(15)25-12)21(19-10-17-18-11-19)13-6-8-14(9-7-13)22(23)24/h2-12H,1H3. The number of fused-ring (bicyclic) bond motifs is 1. The van der Waals surface area contributed by atoms with Crippen molar-refractivity contribution in [3.8, 4) is 0 Å². The first-order chi connectivity index (χ1) is 12.1. The summed E-state index contributed by atoms with van der Waals surface area (Å²) in [4.78, 5) is 11.7. The monoisotopic (exact) mass is 354 g/mol. The molecule has 3 aromatic rings. The maximum absolute atomic E-state index is 10.9. The van der Waals surface area contributed by atoms with Crippen LogP contribution in [-0.4, -0.2) is 25.2 Å². The first kappa shape index (κ1) is 15.5. The minimum absolute atomic E-state index is 0.0525. The highest BCUT2D eigenvalue weighted by atomic mass is 32.2. The Kier molecular flexibility index (Phi) is 3.77. The summed E-state index contributed by atoms with van der Waals surface area (Å²) < 4.78 is 1.75. The normalized spacial score (nSPS) is 15.9. The quantitative estimate of drug-likeness (QED) is 0.525. The van der Waals surface area contributed by atoms with Crippen LogP contribution in [0.15, 0.2) is 66.1 Å². The average Bonchev–Trinajstić information content (AvgIpc) is 3.24. The minimum Gasteiger partial charge on any atom is -0.258 e. The van der Waals surface area contributed by atoms with Gasteiger partial charge in [-0.3, -0.25) is 15.1 Å². The number of non-ortho nitro benzene ring substituents is 1. The number of nitro groups is 1. The largest absolute Gasteiger partial charge is 0.269 e. The summed E-state index contributed by atoms with van der Waals surface area (Å²) >= 11 is 1.75. The summed E-state index contributed by atoms with van der Waals surface area (Å²) in [6.45, 7) is 2.10. The van der Waals surface area contributed by atoms with Gasteiger partial charge in [0.1, 0.15) is 12.7 Å². The number of thioether (sulfide) groups is 1. The average molecular weight is 354 g/mol. The molecule has 0 saturated heterocycles. The molecule has 0 radical (unpaired) electrons. The number of para-hydroxylation sites is 1. The Hall–Kier alpha value is -3.07. The molecule has 0 spiro atoms. The number of aromatic nitrogens is 3. The lowest BCUT2D eigenvalue weighted by Gasteiger charge is -2.37. The maximum atomic E-state index is 10.9. The molecule has 0 aliphatic carbocycles. The molecule has 0 saturated carbocycles. The van der Waals surface area contributed by atoms with Gasteiger partial charge in [0.2, 0.25) is 0 Å². The van der Waals surface area contributed by atoms with E-state index in [2.05, 4.69) is 34.3 Å². The van der Waals surface area contributed by atoms with E-state index >= 15 is 0 Å². The van der Waals surface area contributed by atoms with E-state index in [1.165, 1.54) is 17.0 Å². The van der Waals surface area contributed by atoms with Crippen LogP contribution in [0.5, 0.6) is 0 Å². The third kappa shape index (κ3) is 2.68. The van der Waals surface area contributed by atoms with Gasteiger partial charge in [-0.2, -0.15) is 5.12 Å². The molecule has 0 amide bonds. The van der Waals surface area contributed by atoms with Crippen molar-refractivity contribution in [1.29, 1.82) is 0 Å². The Morgan fingerprint density at radius 2 is 1.80 bits per heavy atom. The Morgan fingerprint density at radius 1 is 1.12 bits per heavy atom. The molecular weight excluding hydrogens is 340 g/mol. The van der Waals surface area contributed by atoms with Gasteiger partial charge < -0.3 is 0 Å². The molecule has 1 atom stereocenters. The fourth-order valence-electron chi connectivity index (χ4n) is 2.80. The summed E-state index contributed by atoms with van der Waals surface area (Å²) in [5.74, 6) is 0. The van der Waals surface area contributed by atoms with E-state index < -0.39 is 4.92 Å². The Balaban J connectivity index is 1.81. The zero-order valence-electron chi connectivity index (χ0n) is 13.3. The third-order valence-corrected chi connectivity index (χ3v) is 5.01. The number of nitro benzene ring substituents is 1. The van der Waals surface area contributed by atoms with Gasteiger partial charge in [0.15, 0.2) is 0 Å². The van der Waals surface area contributed by atoms with E-state index in [0.717, 1.165) is 11.4 Å². The Morgan fingerprint density at radius 3 is 2.48 bits per heavy atom. The van der Waals surface area contributed by atoms with E-state index in [-0.39, 0.29) is 11.1 Å². The lowest BCUT2D eigenvalue weighted by atomic mass is 10.3. The molecule has 1 aliphatic rings. The van der Waals surface area contributed by atoms with Crippen molar-refractivity contribution in [2.45, 2.75) is 17.2 Å². The van der Waals surface area contributed by atoms with Crippen LogP contribution < -0.4 is 10.1 Å². The molecule has 8 nitrogen and oxygen atoms in total. The SMILES string of the molecule is CC1Sc2ccccc2N1N(c1ccc([N+](=O)[O-])cc1)n1cnnc1. The van der Waals surface area contributed by atoms with Crippen LogP contribution in [0.1, 0.15) is 6.92 Å². The molecular formula is C16H14N6O2S. The predicted octanol–water partition coefficient (Wildman–Crippen LogP) is 3.33. The number of nitrogens with zero attached hydrogens (tertiary/aromatic N) is 6. The highest BCUT2D eigenvalue weighted by Crippen LogP contribution is 2.44. The lowest BCUT2D eigenvalue weighted by molar-refractivity contribution is -0.384. The Bertz CT molecular complexity index is 899. The number of benzene rings is 2. The van der Waals surface area contributed by atoms with Crippen LogP contribution in [0.2, 0.25) is 0 Å². The summed E-state index contributed by atoms with van der Waals surface area (Å²) in [5.41, 5.74) is 1.89. The van der Waals surface area contributed by atoms with Crippen molar-refractivity contribution in [3.05, 3.63) is 71.3 Å². The van der Waals surface area contributed by atoms with Gasteiger partial charge in [0, 0.05) is 17.0 Å². The molecule has 2 aromatic carbocycles. The van der Waals surface area contributed by atoms with Crippen LogP contribution in [0, 0.1) is 10.1 Å². The van der Waals surface area contributed by atoms with E-state index in [1.54, 1.807) is 41.2 Å². The summed E-state index contributed by atoms with van der Waals surface area (Å²) in [5, 5.41) is 22.9. The van der Waals surface area contributed by atoms with Gasteiger partial charge in [0.05, 0.1) is 21.7 Å². The Labute approximate surface area is 147 Å². The summed E-state index contributed by atoms with van der Waals surface area (Å²) in [6.07, 6.45) is 3.19. The first-order valence-electron chi connectivity index (χ1n) is 7.59. The zero-order chi connectivity index (χ0) is 17.4. The van der Waals surface area contributed by atoms with Crippen LogP contribution in [0.4, 0.5) is 17.1 Å². The molecule has 126 valence electrons. The summed E-state index contributed by atoms with van der Waals surface area (Å²) in [7, 11) is 0. The van der Waals surface area contributed by atoms with Crippen LogP contribution in [-0.2, 0) is 0 Å². The van der Waals surface area contributed by atoms with Gasteiger partial charge >= 0.3 is 0 Å². The molecule has 1 aliphatic heterocycles. The first-order valence-corrected chi connectivity index (χ1v) is 8.47. The van der Waals surface area contributed by atoms with Gasteiger partial charge in [-0.25, -0.2) is 4.68 Å². The molecule has 25 heavy (non-hydrogen) atoms. The van der Waals surface area contributed by atoms with Crippen molar-refractivity contribution in [2.75, 3.05) is 10.1 Å². The molecule has 0 fully saturated rings. The number of anilines is 2. The molecule has 9 heteroatoms. The van der Waals surface area contributed by atoms with Crippen molar-refractivity contribution in [1.82, 2.24) is 14.9 Å². The fraction of sp³-hybridized carbons (Fsp3) is 0.125. The van der Waals surface area contributed by atoms with Crippen LogP contribution in [0.3, 0.4) is 0 Å². The van der Waals surface area contributed by atoms with Crippen molar-refractivity contribution in [3.63, 3.8) is 0 Å². The van der Waals surface area contributed by atoms with E-state index in [1.807, 2.05) is 17.3 Å². The van der Waals surface area contributed by atoms with Gasteiger partial charge in [-0.05, 0) is 31.2 Å². The number of hydrogen-bond donors (Lipinski definition) is 0. The predicted molar refractivity (Wildman–Crippen MR) is 95.2 cm³/mol. The minimum atomic E-state index is -0.406.